The molecule has 0 atom stereocenters. The molecule has 132 valence electrons. The maximum atomic E-state index is 5.35. The number of methoxy groups -OCH3 is 2. The molecular formula is C20H19N3O2S. The van der Waals surface area contributed by atoms with E-state index in [1.165, 1.54) is 5.39 Å². The summed E-state index contributed by atoms with van der Waals surface area (Å²) in [4.78, 5) is 8.02. The van der Waals surface area contributed by atoms with E-state index in [1.54, 1.807) is 25.6 Å². The lowest BCUT2D eigenvalue weighted by Crippen LogP contribution is -2.00. The van der Waals surface area contributed by atoms with Crippen molar-refractivity contribution in [3.63, 3.8) is 0 Å². The van der Waals surface area contributed by atoms with Crippen molar-refractivity contribution >= 4 is 27.4 Å². The van der Waals surface area contributed by atoms with Crippen LogP contribution < -0.4 is 14.8 Å². The number of hydrogen-bond donors (Lipinski definition) is 2. The number of nitrogens with zero attached hydrogens (tertiary/aromatic N) is 1. The van der Waals surface area contributed by atoms with Gasteiger partial charge in [0.05, 0.1) is 19.9 Å². The summed E-state index contributed by atoms with van der Waals surface area (Å²) in [7, 11) is 3.28. The summed E-state index contributed by atoms with van der Waals surface area (Å²) in [5.41, 5.74) is 4.32. The van der Waals surface area contributed by atoms with Crippen molar-refractivity contribution in [2.75, 3.05) is 19.5 Å². The number of nitrogens with one attached hydrogen (secondary N) is 2. The van der Waals surface area contributed by atoms with Crippen molar-refractivity contribution in [2.45, 2.75) is 6.54 Å². The molecule has 0 radical (unpaired) electrons. The number of benzene rings is 2. The molecule has 4 aromatic rings. The van der Waals surface area contributed by atoms with Gasteiger partial charge < -0.3 is 19.8 Å². The first-order chi connectivity index (χ1) is 12.8. The monoisotopic (exact) mass is 365 g/mol. The van der Waals surface area contributed by atoms with Crippen molar-refractivity contribution < 1.29 is 9.47 Å². The van der Waals surface area contributed by atoms with Crippen LogP contribution in [-0.2, 0) is 6.54 Å². The number of aromatic nitrogens is 2. The summed E-state index contributed by atoms with van der Waals surface area (Å²) in [5.74, 6) is 1.46. The van der Waals surface area contributed by atoms with Crippen LogP contribution >= 0.6 is 11.3 Å². The molecule has 4 rings (SSSR count). The van der Waals surface area contributed by atoms with Gasteiger partial charge in [0.25, 0.3) is 0 Å². The van der Waals surface area contributed by atoms with Crippen molar-refractivity contribution in [1.29, 1.82) is 0 Å². The van der Waals surface area contributed by atoms with E-state index in [0.717, 1.165) is 39.0 Å². The van der Waals surface area contributed by atoms with E-state index in [1.807, 2.05) is 36.5 Å². The lowest BCUT2D eigenvalue weighted by Gasteiger charge is -2.09. The van der Waals surface area contributed by atoms with Crippen molar-refractivity contribution in [1.82, 2.24) is 9.97 Å². The average Bonchev–Trinajstić information content (AvgIpc) is 3.32. The highest BCUT2D eigenvalue weighted by Gasteiger charge is 2.10. The standard InChI is InChI=1S/C20H19N3O2S/c1-24-18-8-7-13(9-19(18)25-2)10-22-20-23-17(12-26-20)15-11-21-16-6-4-3-5-14(15)16/h3-9,11-12,21H,10H2,1-2H3,(H,22,23). The van der Waals surface area contributed by atoms with Gasteiger partial charge in [0.1, 0.15) is 0 Å². The molecule has 0 saturated carbocycles. The molecular weight excluding hydrogens is 346 g/mol. The Morgan fingerprint density at radius 3 is 2.77 bits per heavy atom. The van der Waals surface area contributed by atoms with Gasteiger partial charge in [-0.05, 0) is 23.8 Å². The predicted molar refractivity (Wildman–Crippen MR) is 106 cm³/mol. The number of thiazole rings is 1. The zero-order chi connectivity index (χ0) is 17.9. The minimum Gasteiger partial charge on any atom is -0.493 e. The van der Waals surface area contributed by atoms with Crippen LogP contribution in [0, 0.1) is 0 Å². The summed E-state index contributed by atoms with van der Waals surface area (Å²) in [6.45, 7) is 0.668. The molecule has 2 N–H and O–H groups in total. The smallest absolute Gasteiger partial charge is 0.183 e. The van der Waals surface area contributed by atoms with Crippen LogP contribution in [-0.4, -0.2) is 24.2 Å². The van der Waals surface area contributed by atoms with Crippen molar-refractivity contribution in [2.24, 2.45) is 0 Å². The molecule has 0 bridgehead atoms. The number of ether oxygens (including phenoxy) is 2. The Balaban J connectivity index is 1.51. The lowest BCUT2D eigenvalue weighted by atomic mass is 10.1. The maximum absolute atomic E-state index is 5.35. The number of fused-ring (bicyclic) bond motifs is 1. The van der Waals surface area contributed by atoms with E-state index in [-0.39, 0.29) is 0 Å². The zero-order valence-corrected chi connectivity index (χ0v) is 15.4. The first-order valence-electron chi connectivity index (χ1n) is 8.25. The molecule has 0 unspecified atom stereocenters. The fraction of sp³-hybridized carbons (Fsp3) is 0.150. The summed E-state index contributed by atoms with van der Waals surface area (Å²) in [6.07, 6.45) is 2.01. The SMILES string of the molecule is COc1ccc(CNc2nc(-c3c[nH]c4ccccc34)cs2)cc1OC. The van der Waals surface area contributed by atoms with E-state index in [0.29, 0.717) is 6.54 Å². The molecule has 2 heterocycles. The fourth-order valence-electron chi connectivity index (χ4n) is 2.93. The third-order valence-electron chi connectivity index (χ3n) is 4.26. The van der Waals surface area contributed by atoms with Gasteiger partial charge in [0, 0.05) is 34.6 Å². The van der Waals surface area contributed by atoms with Crippen molar-refractivity contribution in [3.05, 3.63) is 59.6 Å². The molecule has 0 aliphatic carbocycles. The van der Waals surface area contributed by atoms with Crippen LogP contribution in [0.4, 0.5) is 5.13 Å². The van der Waals surface area contributed by atoms with E-state index in [9.17, 15) is 0 Å². The topological polar surface area (TPSA) is 59.2 Å². The Bertz CT molecular complexity index is 1040. The number of H-pyrrole nitrogens is 1. The predicted octanol–water partition coefficient (Wildman–Crippen LogP) is 4.92. The third kappa shape index (κ3) is 3.11. The first kappa shape index (κ1) is 16.5. The van der Waals surface area contributed by atoms with Gasteiger partial charge in [-0.2, -0.15) is 0 Å². The van der Waals surface area contributed by atoms with Crippen LogP contribution in [0.15, 0.2) is 54.0 Å². The van der Waals surface area contributed by atoms with E-state index >= 15 is 0 Å². The van der Waals surface area contributed by atoms with E-state index in [4.69, 9.17) is 14.5 Å². The number of anilines is 1. The van der Waals surface area contributed by atoms with Crippen LogP contribution in [0.3, 0.4) is 0 Å². The highest BCUT2D eigenvalue weighted by atomic mass is 32.1. The average molecular weight is 365 g/mol. The van der Waals surface area contributed by atoms with Gasteiger partial charge in [0.2, 0.25) is 0 Å². The summed E-state index contributed by atoms with van der Waals surface area (Å²) in [6, 6.07) is 14.2. The van der Waals surface area contributed by atoms with E-state index in [2.05, 4.69) is 27.8 Å². The zero-order valence-electron chi connectivity index (χ0n) is 14.6. The Hall–Kier alpha value is -2.99. The summed E-state index contributed by atoms with van der Waals surface area (Å²) >= 11 is 1.60. The second-order valence-corrected chi connectivity index (χ2v) is 6.69. The number of aromatic amines is 1. The normalized spacial score (nSPS) is 10.8. The molecule has 0 aliphatic rings. The van der Waals surface area contributed by atoms with Gasteiger partial charge in [-0.3, -0.25) is 0 Å². The lowest BCUT2D eigenvalue weighted by molar-refractivity contribution is 0.354. The van der Waals surface area contributed by atoms with Crippen LogP contribution in [0.25, 0.3) is 22.2 Å². The van der Waals surface area contributed by atoms with Crippen LogP contribution in [0.2, 0.25) is 0 Å². The van der Waals surface area contributed by atoms with Gasteiger partial charge in [-0.1, -0.05) is 24.3 Å². The van der Waals surface area contributed by atoms with Crippen LogP contribution in [0.5, 0.6) is 11.5 Å². The Kier molecular flexibility index (Phi) is 4.50. The number of para-hydroxylation sites is 1. The maximum Gasteiger partial charge on any atom is 0.183 e. The van der Waals surface area contributed by atoms with Crippen molar-refractivity contribution in [3.8, 4) is 22.8 Å². The summed E-state index contributed by atoms with van der Waals surface area (Å²) < 4.78 is 10.6. The number of rotatable bonds is 6. The Morgan fingerprint density at radius 2 is 1.92 bits per heavy atom. The fourth-order valence-corrected chi connectivity index (χ4v) is 3.64. The first-order valence-corrected chi connectivity index (χ1v) is 9.13. The molecule has 2 aromatic carbocycles. The molecule has 26 heavy (non-hydrogen) atoms. The van der Waals surface area contributed by atoms with Crippen LogP contribution in [0.1, 0.15) is 5.56 Å². The highest BCUT2D eigenvalue weighted by Crippen LogP contribution is 2.31. The number of hydrogen-bond acceptors (Lipinski definition) is 5. The quantitative estimate of drug-likeness (QED) is 0.509. The molecule has 5 nitrogen and oxygen atoms in total. The van der Waals surface area contributed by atoms with Gasteiger partial charge in [-0.15, -0.1) is 11.3 Å². The minimum atomic E-state index is 0.668. The molecule has 0 fully saturated rings. The third-order valence-corrected chi connectivity index (χ3v) is 5.06. The molecule has 2 aromatic heterocycles. The summed E-state index contributed by atoms with van der Waals surface area (Å²) in [5, 5.41) is 7.53. The molecule has 0 aliphatic heterocycles. The molecule has 0 amide bonds. The highest BCUT2D eigenvalue weighted by molar-refractivity contribution is 7.14. The van der Waals surface area contributed by atoms with Gasteiger partial charge in [0.15, 0.2) is 16.6 Å². The minimum absolute atomic E-state index is 0.668. The second kappa shape index (κ2) is 7.09. The van der Waals surface area contributed by atoms with Gasteiger partial charge in [-0.25, -0.2) is 4.98 Å². The second-order valence-electron chi connectivity index (χ2n) is 5.83. The largest absolute Gasteiger partial charge is 0.493 e. The van der Waals surface area contributed by atoms with E-state index < -0.39 is 0 Å². The molecule has 0 spiro atoms. The molecule has 6 heteroatoms. The Labute approximate surface area is 155 Å². The molecule has 0 saturated heterocycles. The Morgan fingerprint density at radius 1 is 1.08 bits per heavy atom. The van der Waals surface area contributed by atoms with Gasteiger partial charge >= 0.3 is 0 Å².